The largest absolute Gasteiger partial charge is 0.466 e. The molecule has 0 spiro atoms. The number of benzene rings is 1. The number of para-hydroxylation sites is 1. The van der Waals surface area contributed by atoms with Crippen LogP contribution >= 0.6 is 0 Å². The molecule has 1 saturated heterocycles. The number of hydrogen-bond donors (Lipinski definition) is 3. The third-order valence-corrected chi connectivity index (χ3v) is 5.63. The van der Waals surface area contributed by atoms with E-state index in [2.05, 4.69) is 5.32 Å². The van der Waals surface area contributed by atoms with E-state index in [0.717, 1.165) is 24.1 Å². The summed E-state index contributed by atoms with van der Waals surface area (Å²) in [6.45, 7) is 1.25. The van der Waals surface area contributed by atoms with Crippen LogP contribution < -0.4 is 11.1 Å². The van der Waals surface area contributed by atoms with Crippen molar-refractivity contribution in [2.24, 2.45) is 5.73 Å². The van der Waals surface area contributed by atoms with Crippen molar-refractivity contribution in [3.63, 3.8) is 0 Å². The Kier molecular flexibility index (Phi) is 5.42. The van der Waals surface area contributed by atoms with Gasteiger partial charge >= 0.3 is 0 Å². The molecule has 3 heterocycles. The second-order valence-electron chi connectivity index (χ2n) is 7.25. The summed E-state index contributed by atoms with van der Waals surface area (Å²) in [4.78, 5) is 14.8. The molecule has 2 aromatic heterocycles. The van der Waals surface area contributed by atoms with Crippen LogP contribution in [0.5, 0.6) is 0 Å². The summed E-state index contributed by atoms with van der Waals surface area (Å²) >= 11 is 0. The van der Waals surface area contributed by atoms with Crippen LogP contribution in [-0.4, -0.2) is 35.0 Å². The Hall–Kier alpha value is -3.03. The van der Waals surface area contributed by atoms with Gasteiger partial charge in [-0.3, -0.25) is 9.69 Å². The van der Waals surface area contributed by atoms with Gasteiger partial charge in [0.2, 0.25) is 5.54 Å². The van der Waals surface area contributed by atoms with Crippen molar-refractivity contribution >= 4 is 11.6 Å². The summed E-state index contributed by atoms with van der Waals surface area (Å²) in [6.07, 6.45) is 4.68. The topological polar surface area (TPSA) is 105 Å². The Morgan fingerprint density at radius 2 is 1.69 bits per heavy atom. The lowest BCUT2D eigenvalue weighted by Crippen LogP contribution is -2.58. The molecule has 1 amide bonds. The van der Waals surface area contributed by atoms with Crippen LogP contribution in [0.3, 0.4) is 0 Å². The second-order valence-corrected chi connectivity index (χ2v) is 7.25. The summed E-state index contributed by atoms with van der Waals surface area (Å²) in [5, 5.41) is 13.1. The summed E-state index contributed by atoms with van der Waals surface area (Å²) in [5.41, 5.74) is 6.47. The van der Waals surface area contributed by atoms with Gasteiger partial charge in [-0.25, -0.2) is 0 Å². The molecular weight excluding hydrogens is 370 g/mol. The molecule has 4 rings (SSSR count). The van der Waals surface area contributed by atoms with E-state index in [-0.39, 0.29) is 12.6 Å². The first-order valence-corrected chi connectivity index (χ1v) is 9.74. The number of carbonyl (C=O) groups is 1. The highest BCUT2D eigenvalue weighted by atomic mass is 16.4. The highest BCUT2D eigenvalue weighted by Gasteiger charge is 2.51. The zero-order chi connectivity index (χ0) is 20.3. The fourth-order valence-electron chi connectivity index (χ4n) is 4.18. The number of amides is 1. The first kappa shape index (κ1) is 19.3. The lowest BCUT2D eigenvalue weighted by molar-refractivity contribution is -0.131. The maximum Gasteiger partial charge on any atom is 0.253 e. The number of piperidine rings is 1. The van der Waals surface area contributed by atoms with Gasteiger partial charge in [-0.15, -0.1) is 0 Å². The number of nitrogens with zero attached hydrogens (tertiary/aromatic N) is 1. The fraction of sp³-hybridized carbons (Fsp3) is 0.318. The lowest BCUT2D eigenvalue weighted by atomic mass is 9.87. The Bertz CT molecular complexity index is 895. The van der Waals surface area contributed by atoms with Gasteiger partial charge in [0, 0.05) is 30.4 Å². The summed E-state index contributed by atoms with van der Waals surface area (Å²) in [7, 11) is 0. The van der Waals surface area contributed by atoms with Gasteiger partial charge < -0.3 is 25.0 Å². The van der Waals surface area contributed by atoms with E-state index in [4.69, 9.17) is 14.6 Å². The average Bonchev–Trinajstić information content (AvgIpc) is 3.45. The van der Waals surface area contributed by atoms with E-state index in [9.17, 15) is 9.90 Å². The van der Waals surface area contributed by atoms with Gasteiger partial charge in [0.15, 0.2) is 0 Å². The van der Waals surface area contributed by atoms with Crippen LogP contribution in [-0.2, 0) is 16.9 Å². The number of aliphatic hydroxyl groups excluding tert-OH is 1. The van der Waals surface area contributed by atoms with E-state index in [1.54, 1.807) is 24.3 Å². The summed E-state index contributed by atoms with van der Waals surface area (Å²) < 4.78 is 11.3. The molecular formula is C22H25N3O4. The van der Waals surface area contributed by atoms with Gasteiger partial charge in [0.25, 0.3) is 5.91 Å². The number of likely N-dealkylation sites (tertiary alicyclic amines) is 1. The lowest BCUT2D eigenvalue weighted by Gasteiger charge is -2.42. The van der Waals surface area contributed by atoms with Crippen LogP contribution in [0.4, 0.5) is 5.69 Å². The SMILES string of the molecule is NC(=O)C(c1ccco1)(c1ccco1)N1CCC(Nc2ccccc2CO)CC1. The third-order valence-electron chi connectivity index (χ3n) is 5.63. The highest BCUT2D eigenvalue weighted by Crippen LogP contribution is 2.38. The zero-order valence-electron chi connectivity index (χ0n) is 16.1. The van der Waals surface area contributed by atoms with Gasteiger partial charge in [-0.1, -0.05) is 18.2 Å². The molecule has 0 aliphatic carbocycles. The monoisotopic (exact) mass is 395 g/mol. The number of carbonyl (C=O) groups excluding carboxylic acids is 1. The number of primary amides is 1. The normalized spacial score (nSPS) is 16.0. The van der Waals surface area contributed by atoms with Crippen molar-refractivity contribution in [2.75, 3.05) is 18.4 Å². The molecule has 152 valence electrons. The standard InChI is InChI=1S/C22H25N3O4/c23-21(27)22(19-7-3-13-28-19,20-8-4-14-29-20)25-11-9-17(10-12-25)24-18-6-2-1-5-16(18)15-26/h1-8,13-14,17,24,26H,9-12,15H2,(H2,23,27). The van der Waals surface area contributed by atoms with Gasteiger partial charge in [0.05, 0.1) is 19.1 Å². The van der Waals surface area contributed by atoms with Crippen LogP contribution in [0.2, 0.25) is 0 Å². The molecule has 3 aromatic rings. The van der Waals surface area contributed by atoms with Crippen LogP contribution in [0.25, 0.3) is 0 Å². The number of anilines is 1. The zero-order valence-corrected chi connectivity index (χ0v) is 16.1. The fourth-order valence-corrected chi connectivity index (χ4v) is 4.18. The number of aliphatic hydroxyl groups is 1. The van der Waals surface area contributed by atoms with Crippen molar-refractivity contribution in [3.05, 3.63) is 78.1 Å². The van der Waals surface area contributed by atoms with Crippen molar-refractivity contribution in [1.29, 1.82) is 0 Å². The molecule has 29 heavy (non-hydrogen) atoms. The molecule has 1 fully saturated rings. The molecule has 7 heteroatoms. The second kappa shape index (κ2) is 8.14. The minimum atomic E-state index is -1.28. The number of hydrogen-bond acceptors (Lipinski definition) is 6. The molecule has 0 radical (unpaired) electrons. The highest BCUT2D eigenvalue weighted by molar-refractivity contribution is 5.88. The first-order valence-electron chi connectivity index (χ1n) is 9.74. The Morgan fingerprint density at radius 1 is 1.07 bits per heavy atom. The third kappa shape index (κ3) is 3.43. The molecule has 4 N–H and O–H groups in total. The molecule has 1 aliphatic rings. The maximum absolute atomic E-state index is 12.8. The predicted octanol–water partition coefficient (Wildman–Crippen LogP) is 2.67. The summed E-state index contributed by atoms with van der Waals surface area (Å²) in [6, 6.07) is 15.0. The van der Waals surface area contributed by atoms with Crippen molar-refractivity contribution in [2.45, 2.75) is 31.0 Å². The minimum absolute atomic E-state index is 0.0101. The Balaban J connectivity index is 1.57. The molecule has 7 nitrogen and oxygen atoms in total. The number of nitrogens with one attached hydrogen (secondary N) is 1. The number of nitrogens with two attached hydrogens (primary N) is 1. The van der Waals surface area contributed by atoms with Crippen molar-refractivity contribution in [1.82, 2.24) is 4.90 Å². The van der Waals surface area contributed by atoms with Gasteiger partial charge in [0.1, 0.15) is 11.5 Å². The van der Waals surface area contributed by atoms with E-state index in [0.29, 0.717) is 24.6 Å². The Labute approximate surface area is 169 Å². The van der Waals surface area contributed by atoms with Crippen molar-refractivity contribution in [3.8, 4) is 0 Å². The van der Waals surface area contributed by atoms with E-state index in [1.165, 1.54) is 12.5 Å². The quantitative estimate of drug-likeness (QED) is 0.568. The van der Waals surface area contributed by atoms with Crippen LogP contribution in [0, 0.1) is 0 Å². The molecule has 1 aromatic carbocycles. The molecule has 0 unspecified atom stereocenters. The maximum atomic E-state index is 12.8. The van der Waals surface area contributed by atoms with E-state index >= 15 is 0 Å². The average molecular weight is 395 g/mol. The summed E-state index contributed by atoms with van der Waals surface area (Å²) in [5.74, 6) is 0.383. The predicted molar refractivity (Wildman–Crippen MR) is 108 cm³/mol. The number of furan rings is 2. The first-order chi connectivity index (χ1) is 14.2. The van der Waals surface area contributed by atoms with E-state index < -0.39 is 11.4 Å². The number of rotatable bonds is 7. The molecule has 0 bridgehead atoms. The van der Waals surface area contributed by atoms with Crippen LogP contribution in [0.1, 0.15) is 29.9 Å². The Morgan fingerprint density at radius 3 is 2.21 bits per heavy atom. The molecule has 1 aliphatic heterocycles. The van der Waals surface area contributed by atoms with Crippen LogP contribution in [0.15, 0.2) is 69.9 Å². The van der Waals surface area contributed by atoms with Crippen molar-refractivity contribution < 1.29 is 18.7 Å². The molecule has 0 atom stereocenters. The van der Waals surface area contributed by atoms with Gasteiger partial charge in [-0.05, 0) is 43.2 Å². The van der Waals surface area contributed by atoms with Gasteiger partial charge in [-0.2, -0.15) is 0 Å². The molecule has 0 saturated carbocycles. The van der Waals surface area contributed by atoms with E-state index in [1.807, 2.05) is 29.2 Å². The minimum Gasteiger partial charge on any atom is -0.466 e. The smallest absolute Gasteiger partial charge is 0.253 e.